The van der Waals surface area contributed by atoms with Crippen LogP contribution in [0.3, 0.4) is 0 Å². The van der Waals surface area contributed by atoms with Gasteiger partial charge in [-0.2, -0.15) is 0 Å². The van der Waals surface area contributed by atoms with Crippen LogP contribution in [0.1, 0.15) is 12.5 Å². The molecule has 1 amide bonds. The first-order valence-corrected chi connectivity index (χ1v) is 7.80. The lowest BCUT2D eigenvalue weighted by Crippen LogP contribution is -2.38. The average Bonchev–Trinajstić information content (AvgIpc) is 2.44. The second kappa shape index (κ2) is 6.78. The fraction of sp³-hybridized carbons (Fsp3) is 0.333. The monoisotopic (exact) mass is 315 g/mol. The molecule has 0 saturated heterocycles. The maximum atomic E-state index is 12.1. The minimum atomic E-state index is -3.77. The Morgan fingerprint density at radius 1 is 1.45 bits per heavy atom. The van der Waals surface area contributed by atoms with Gasteiger partial charge in [0.2, 0.25) is 15.9 Å². The highest BCUT2D eigenvalue weighted by molar-refractivity contribution is 7.89. The lowest BCUT2D eigenvalue weighted by molar-refractivity contribution is -0.128. The molecule has 0 fully saturated rings. The fourth-order valence-electron chi connectivity index (χ4n) is 1.37. The van der Waals surface area contributed by atoms with Gasteiger partial charge in [-0.05, 0) is 19.1 Å². The van der Waals surface area contributed by atoms with Gasteiger partial charge >= 0.3 is 0 Å². The Kier molecular flexibility index (Phi) is 5.61. The molecule has 0 aliphatic rings. The summed E-state index contributed by atoms with van der Waals surface area (Å²) in [7, 11) is -2.16. The molecule has 0 aliphatic heterocycles. The third-order valence-electron chi connectivity index (χ3n) is 2.74. The Bertz CT molecular complexity index is 614. The van der Waals surface area contributed by atoms with Crippen molar-refractivity contribution < 1.29 is 13.2 Å². The number of hydrogen-bond donors (Lipinski definition) is 2. The van der Waals surface area contributed by atoms with Crippen LogP contribution in [0.15, 0.2) is 29.2 Å². The second-order valence-corrected chi connectivity index (χ2v) is 6.33. The minimum absolute atomic E-state index is 0.0229. The number of carbonyl (C=O) groups is 1. The molecule has 0 atom stereocenters. The number of likely N-dealkylation sites (N-methyl/N-ethyl adjacent to an activating group) is 1. The molecule has 0 spiro atoms. The lowest BCUT2D eigenvalue weighted by atomic mass is 10.2. The van der Waals surface area contributed by atoms with E-state index >= 15 is 0 Å². The van der Waals surface area contributed by atoms with Crippen LogP contribution in [0.25, 0.3) is 0 Å². The largest absolute Gasteiger partial charge is 0.389 e. The van der Waals surface area contributed by atoms with Crippen LogP contribution in [-0.2, 0) is 14.8 Å². The third kappa shape index (κ3) is 4.26. The molecule has 6 nitrogen and oxygen atoms in total. The molecule has 0 saturated carbocycles. The minimum Gasteiger partial charge on any atom is -0.389 e. The van der Waals surface area contributed by atoms with Gasteiger partial charge in [-0.3, -0.25) is 4.79 Å². The highest BCUT2D eigenvalue weighted by atomic mass is 32.2. The van der Waals surface area contributed by atoms with Crippen LogP contribution in [0.5, 0.6) is 0 Å². The fourth-order valence-corrected chi connectivity index (χ4v) is 2.51. The Labute approximate surface area is 124 Å². The van der Waals surface area contributed by atoms with Crippen LogP contribution in [0.2, 0.25) is 0 Å². The first kappa shape index (κ1) is 16.5. The van der Waals surface area contributed by atoms with Gasteiger partial charge < -0.3 is 10.6 Å². The van der Waals surface area contributed by atoms with E-state index in [0.29, 0.717) is 12.1 Å². The predicted octanol–water partition coefficient (Wildman–Crippen LogP) is 0.0774. The molecule has 1 aromatic rings. The smallest absolute Gasteiger partial charge is 0.241 e. The topological polar surface area (TPSA) is 92.5 Å². The van der Waals surface area contributed by atoms with Crippen molar-refractivity contribution in [1.29, 1.82) is 0 Å². The van der Waals surface area contributed by atoms with Crippen molar-refractivity contribution in [3.63, 3.8) is 0 Å². The Morgan fingerprint density at radius 3 is 2.65 bits per heavy atom. The summed E-state index contributed by atoms with van der Waals surface area (Å²) in [6.07, 6.45) is 0. The van der Waals surface area contributed by atoms with Crippen molar-refractivity contribution in [2.45, 2.75) is 11.8 Å². The standard InChI is InChI=1S/C12H17N3O3S2/c1-3-15(2)11(16)8-14-20(17,18)10-6-4-5-9(7-10)12(13)19/h4-7,14H,3,8H2,1-2H3,(H2,13,19). The summed E-state index contributed by atoms with van der Waals surface area (Å²) in [5.74, 6) is -0.304. The molecule has 0 aromatic heterocycles. The van der Waals surface area contributed by atoms with E-state index in [-0.39, 0.29) is 22.3 Å². The summed E-state index contributed by atoms with van der Waals surface area (Å²) in [4.78, 5) is 13.1. The van der Waals surface area contributed by atoms with Gasteiger partial charge in [-0.25, -0.2) is 13.1 Å². The second-order valence-electron chi connectivity index (χ2n) is 4.12. The van der Waals surface area contributed by atoms with E-state index in [9.17, 15) is 13.2 Å². The molecule has 0 heterocycles. The van der Waals surface area contributed by atoms with Gasteiger partial charge in [0.15, 0.2) is 0 Å². The molecule has 8 heteroatoms. The molecule has 3 N–H and O–H groups in total. The molecule has 1 aromatic carbocycles. The molecule has 0 radical (unpaired) electrons. The third-order valence-corrected chi connectivity index (χ3v) is 4.38. The zero-order valence-corrected chi connectivity index (χ0v) is 12.9. The molecular weight excluding hydrogens is 298 g/mol. The maximum absolute atomic E-state index is 12.1. The van der Waals surface area contributed by atoms with Crippen LogP contribution >= 0.6 is 12.2 Å². The maximum Gasteiger partial charge on any atom is 0.241 e. The lowest BCUT2D eigenvalue weighted by Gasteiger charge is -2.15. The molecule has 20 heavy (non-hydrogen) atoms. The Morgan fingerprint density at radius 2 is 2.10 bits per heavy atom. The molecule has 0 unspecified atom stereocenters. The highest BCUT2D eigenvalue weighted by Crippen LogP contribution is 2.11. The van der Waals surface area contributed by atoms with E-state index in [1.54, 1.807) is 26.1 Å². The van der Waals surface area contributed by atoms with Gasteiger partial charge in [0.05, 0.1) is 11.4 Å². The van der Waals surface area contributed by atoms with Gasteiger partial charge in [-0.1, -0.05) is 24.4 Å². The normalized spacial score (nSPS) is 11.1. The quantitative estimate of drug-likeness (QED) is 0.725. The molecule has 110 valence electrons. The number of nitrogens with one attached hydrogen (secondary N) is 1. The zero-order chi connectivity index (χ0) is 15.3. The van der Waals surface area contributed by atoms with Crippen molar-refractivity contribution in [3.8, 4) is 0 Å². The molecule has 0 aliphatic carbocycles. The van der Waals surface area contributed by atoms with Gasteiger partial charge in [0.25, 0.3) is 0 Å². The number of nitrogens with two attached hydrogens (primary N) is 1. The van der Waals surface area contributed by atoms with Crippen molar-refractivity contribution in [2.75, 3.05) is 20.1 Å². The summed E-state index contributed by atoms with van der Waals surface area (Å²) in [5, 5.41) is 0. The van der Waals surface area contributed by atoms with Crippen LogP contribution in [-0.4, -0.2) is 44.4 Å². The van der Waals surface area contributed by atoms with Crippen molar-refractivity contribution in [3.05, 3.63) is 29.8 Å². The Balaban J connectivity index is 2.87. The van der Waals surface area contributed by atoms with Gasteiger partial charge in [0, 0.05) is 19.2 Å². The number of benzene rings is 1. The van der Waals surface area contributed by atoms with E-state index in [4.69, 9.17) is 18.0 Å². The number of nitrogens with zero attached hydrogens (tertiary/aromatic N) is 1. The molecular formula is C12H17N3O3S2. The summed E-state index contributed by atoms with van der Waals surface area (Å²) < 4.78 is 26.4. The zero-order valence-electron chi connectivity index (χ0n) is 11.3. The average molecular weight is 315 g/mol. The SMILES string of the molecule is CCN(C)C(=O)CNS(=O)(=O)c1cccc(C(N)=S)c1. The highest BCUT2D eigenvalue weighted by Gasteiger charge is 2.17. The number of carbonyl (C=O) groups excluding carboxylic acids is 1. The summed E-state index contributed by atoms with van der Waals surface area (Å²) in [5.41, 5.74) is 5.92. The number of rotatable bonds is 6. The Hall–Kier alpha value is -1.51. The van der Waals surface area contributed by atoms with Crippen molar-refractivity contribution in [2.24, 2.45) is 5.73 Å². The molecule has 0 bridgehead atoms. The van der Waals surface area contributed by atoms with Crippen molar-refractivity contribution in [1.82, 2.24) is 9.62 Å². The predicted molar refractivity (Wildman–Crippen MR) is 80.8 cm³/mol. The van der Waals surface area contributed by atoms with E-state index in [2.05, 4.69) is 4.72 Å². The summed E-state index contributed by atoms with van der Waals surface area (Å²) in [6.45, 7) is 2.03. The summed E-state index contributed by atoms with van der Waals surface area (Å²) in [6, 6.07) is 5.96. The first-order chi connectivity index (χ1) is 9.27. The number of thiocarbonyl (C=S) groups is 1. The van der Waals surface area contributed by atoms with Crippen molar-refractivity contribution >= 4 is 33.1 Å². The number of hydrogen-bond acceptors (Lipinski definition) is 4. The van der Waals surface area contributed by atoms with Gasteiger partial charge in [0.1, 0.15) is 4.99 Å². The van der Waals surface area contributed by atoms with Crippen LogP contribution in [0, 0.1) is 0 Å². The summed E-state index contributed by atoms with van der Waals surface area (Å²) >= 11 is 4.80. The van der Waals surface area contributed by atoms with E-state index in [1.165, 1.54) is 17.0 Å². The van der Waals surface area contributed by atoms with E-state index < -0.39 is 10.0 Å². The van der Waals surface area contributed by atoms with E-state index in [0.717, 1.165) is 0 Å². The first-order valence-electron chi connectivity index (χ1n) is 5.91. The van der Waals surface area contributed by atoms with E-state index in [1.807, 2.05) is 0 Å². The number of sulfonamides is 1. The van der Waals surface area contributed by atoms with Crippen LogP contribution < -0.4 is 10.5 Å². The number of amides is 1. The van der Waals surface area contributed by atoms with Crippen LogP contribution in [0.4, 0.5) is 0 Å². The molecule has 1 rings (SSSR count). The van der Waals surface area contributed by atoms with Gasteiger partial charge in [-0.15, -0.1) is 0 Å².